The summed E-state index contributed by atoms with van der Waals surface area (Å²) in [4.78, 5) is 23.5. The van der Waals surface area contributed by atoms with Crippen LogP contribution < -0.4 is 10.6 Å². The molecule has 8 heteroatoms. The van der Waals surface area contributed by atoms with Gasteiger partial charge < -0.3 is 14.5 Å². The number of aryl methyl sites for hydroxylation is 1. The lowest BCUT2D eigenvalue weighted by atomic mass is 9.99. The van der Waals surface area contributed by atoms with Crippen LogP contribution in [0.25, 0.3) is 6.08 Å². The predicted octanol–water partition coefficient (Wildman–Crippen LogP) is 2.10. The Morgan fingerprint density at radius 3 is 2.76 bits per heavy atom. The standard InChI is InChI=1S/C17H20N4O4/c1-4-13-11(6-5-7-12-9-24-10(2)20-21-12)8-14(25-13)17(3)15(22)18-16(23)19-17/h5-6,8H,4,7,9H2,1-3H3,(H2,18,19,22,23)/b6-5-. The van der Waals surface area contributed by atoms with Gasteiger partial charge in [0.1, 0.15) is 18.1 Å². The number of hydrogen-bond donors (Lipinski definition) is 2. The Morgan fingerprint density at radius 1 is 1.36 bits per heavy atom. The van der Waals surface area contributed by atoms with Crippen LogP contribution in [0.1, 0.15) is 44.3 Å². The van der Waals surface area contributed by atoms with E-state index >= 15 is 0 Å². The number of nitrogens with zero attached hydrogens (tertiary/aromatic N) is 2. The zero-order chi connectivity index (χ0) is 18.0. The van der Waals surface area contributed by atoms with Gasteiger partial charge in [0.05, 0.1) is 5.71 Å². The number of rotatable bonds is 5. The molecule has 0 aromatic carbocycles. The van der Waals surface area contributed by atoms with E-state index in [9.17, 15) is 9.59 Å². The van der Waals surface area contributed by atoms with Gasteiger partial charge in [-0.05, 0) is 13.0 Å². The lowest BCUT2D eigenvalue weighted by Gasteiger charge is -2.16. The van der Waals surface area contributed by atoms with Crippen LogP contribution in [0.2, 0.25) is 0 Å². The first kappa shape index (κ1) is 16.9. The second-order valence-electron chi connectivity index (χ2n) is 6.06. The molecule has 1 aromatic rings. The molecule has 1 unspecified atom stereocenters. The van der Waals surface area contributed by atoms with E-state index in [0.717, 1.165) is 17.0 Å². The molecule has 0 aliphatic carbocycles. The summed E-state index contributed by atoms with van der Waals surface area (Å²) in [7, 11) is 0. The van der Waals surface area contributed by atoms with Crippen molar-refractivity contribution in [3.63, 3.8) is 0 Å². The van der Waals surface area contributed by atoms with E-state index in [1.807, 2.05) is 19.1 Å². The van der Waals surface area contributed by atoms with Crippen LogP contribution in [0.5, 0.6) is 0 Å². The molecule has 2 N–H and O–H groups in total. The van der Waals surface area contributed by atoms with Gasteiger partial charge in [0, 0.05) is 25.3 Å². The molecule has 8 nitrogen and oxygen atoms in total. The average Bonchev–Trinajstić information content (AvgIpc) is 3.11. The first-order valence-corrected chi connectivity index (χ1v) is 8.08. The molecule has 3 rings (SSSR count). The summed E-state index contributed by atoms with van der Waals surface area (Å²) in [5, 5.41) is 12.8. The minimum Gasteiger partial charge on any atom is -0.474 e. The van der Waals surface area contributed by atoms with Crippen LogP contribution in [0.4, 0.5) is 4.79 Å². The maximum absolute atomic E-state index is 12.0. The SMILES string of the molecule is CCc1oc(C2(C)NC(=O)NC2=O)cc1/C=C\CC1=NN=C(C)OC1. The van der Waals surface area contributed by atoms with Gasteiger partial charge in [0.2, 0.25) is 5.90 Å². The van der Waals surface area contributed by atoms with Crippen molar-refractivity contribution in [2.45, 2.75) is 39.2 Å². The molecule has 0 spiro atoms. The van der Waals surface area contributed by atoms with Gasteiger partial charge in [0.25, 0.3) is 5.91 Å². The highest BCUT2D eigenvalue weighted by atomic mass is 16.5. The number of carbonyl (C=O) groups excluding carboxylic acids is 2. The Hall–Kier alpha value is -2.90. The fourth-order valence-corrected chi connectivity index (χ4v) is 2.63. The van der Waals surface area contributed by atoms with Gasteiger partial charge in [-0.1, -0.05) is 19.1 Å². The summed E-state index contributed by atoms with van der Waals surface area (Å²) in [6.07, 6.45) is 5.13. The molecule has 1 fully saturated rings. The fourth-order valence-electron chi connectivity index (χ4n) is 2.63. The number of furan rings is 1. The minimum absolute atomic E-state index is 0.408. The number of carbonyl (C=O) groups is 2. The van der Waals surface area contributed by atoms with Crippen molar-refractivity contribution in [3.05, 3.63) is 29.2 Å². The van der Waals surface area contributed by atoms with Crippen LogP contribution in [0.15, 0.2) is 26.8 Å². The summed E-state index contributed by atoms with van der Waals surface area (Å²) in [6, 6.07) is 1.26. The van der Waals surface area contributed by atoms with E-state index in [4.69, 9.17) is 9.15 Å². The van der Waals surface area contributed by atoms with Crippen molar-refractivity contribution >= 4 is 29.6 Å². The van der Waals surface area contributed by atoms with Crippen molar-refractivity contribution in [3.8, 4) is 0 Å². The molecule has 2 aliphatic rings. The summed E-state index contributed by atoms with van der Waals surface area (Å²) in [6.45, 7) is 5.77. The summed E-state index contributed by atoms with van der Waals surface area (Å²) < 4.78 is 11.1. The lowest BCUT2D eigenvalue weighted by molar-refractivity contribution is -0.124. The van der Waals surface area contributed by atoms with Gasteiger partial charge in [-0.2, -0.15) is 5.10 Å². The van der Waals surface area contributed by atoms with E-state index < -0.39 is 17.5 Å². The number of ether oxygens (including phenoxy) is 1. The maximum atomic E-state index is 12.0. The Balaban J connectivity index is 1.78. The van der Waals surface area contributed by atoms with Crippen molar-refractivity contribution < 1.29 is 18.7 Å². The van der Waals surface area contributed by atoms with Crippen molar-refractivity contribution in [1.82, 2.24) is 10.6 Å². The van der Waals surface area contributed by atoms with Gasteiger partial charge in [-0.15, -0.1) is 5.10 Å². The number of hydrogen-bond acceptors (Lipinski definition) is 6. The molecule has 2 aliphatic heterocycles. The summed E-state index contributed by atoms with van der Waals surface area (Å²) in [5.74, 6) is 1.29. The van der Waals surface area contributed by atoms with E-state index in [0.29, 0.717) is 31.1 Å². The average molecular weight is 344 g/mol. The number of allylic oxidation sites excluding steroid dienone is 1. The summed E-state index contributed by atoms with van der Waals surface area (Å²) in [5.41, 5.74) is 0.503. The number of amides is 3. The zero-order valence-electron chi connectivity index (χ0n) is 14.4. The smallest absolute Gasteiger partial charge is 0.322 e. The molecule has 132 valence electrons. The summed E-state index contributed by atoms with van der Waals surface area (Å²) >= 11 is 0. The minimum atomic E-state index is -1.19. The molecular formula is C17H20N4O4. The third kappa shape index (κ3) is 3.33. The Labute approximate surface area is 145 Å². The number of imide groups is 1. The Bertz CT molecular complexity index is 806. The van der Waals surface area contributed by atoms with Crippen LogP contribution >= 0.6 is 0 Å². The van der Waals surface area contributed by atoms with E-state index in [2.05, 4.69) is 20.8 Å². The molecule has 1 aromatic heterocycles. The predicted molar refractivity (Wildman–Crippen MR) is 92.3 cm³/mol. The normalized spacial score (nSPS) is 23.2. The third-order valence-corrected chi connectivity index (χ3v) is 4.13. The van der Waals surface area contributed by atoms with Gasteiger partial charge >= 0.3 is 6.03 Å². The Kier molecular flexibility index (Phi) is 4.43. The van der Waals surface area contributed by atoms with E-state index in [1.165, 1.54) is 0 Å². The molecule has 25 heavy (non-hydrogen) atoms. The van der Waals surface area contributed by atoms with Crippen molar-refractivity contribution in [2.24, 2.45) is 10.2 Å². The van der Waals surface area contributed by atoms with Crippen LogP contribution in [-0.2, 0) is 21.5 Å². The van der Waals surface area contributed by atoms with Gasteiger partial charge in [-0.25, -0.2) is 4.79 Å². The molecule has 3 amide bonds. The zero-order valence-corrected chi connectivity index (χ0v) is 14.4. The first-order chi connectivity index (χ1) is 11.9. The van der Waals surface area contributed by atoms with E-state index in [-0.39, 0.29) is 0 Å². The van der Waals surface area contributed by atoms with Gasteiger partial charge in [-0.3, -0.25) is 10.1 Å². The number of urea groups is 1. The molecular weight excluding hydrogens is 324 g/mol. The first-order valence-electron chi connectivity index (χ1n) is 8.08. The largest absolute Gasteiger partial charge is 0.474 e. The molecule has 0 saturated carbocycles. The second-order valence-corrected chi connectivity index (χ2v) is 6.06. The fraction of sp³-hybridized carbons (Fsp3) is 0.412. The van der Waals surface area contributed by atoms with Gasteiger partial charge in [0.15, 0.2) is 5.54 Å². The molecule has 0 radical (unpaired) electrons. The second kappa shape index (κ2) is 6.54. The lowest BCUT2D eigenvalue weighted by Crippen LogP contribution is -2.40. The highest BCUT2D eigenvalue weighted by Crippen LogP contribution is 2.29. The molecule has 0 bridgehead atoms. The third-order valence-electron chi connectivity index (χ3n) is 4.13. The van der Waals surface area contributed by atoms with Crippen molar-refractivity contribution in [2.75, 3.05) is 6.61 Å². The maximum Gasteiger partial charge on any atom is 0.322 e. The molecule has 1 saturated heterocycles. The van der Waals surface area contributed by atoms with Crippen LogP contribution in [0.3, 0.4) is 0 Å². The van der Waals surface area contributed by atoms with Crippen molar-refractivity contribution in [1.29, 1.82) is 0 Å². The van der Waals surface area contributed by atoms with E-state index in [1.54, 1.807) is 19.9 Å². The molecule has 3 heterocycles. The van der Waals surface area contributed by atoms with Crippen LogP contribution in [0, 0.1) is 0 Å². The Morgan fingerprint density at radius 2 is 2.16 bits per heavy atom. The highest BCUT2D eigenvalue weighted by Gasteiger charge is 2.46. The highest BCUT2D eigenvalue weighted by molar-refractivity contribution is 6.06. The topological polar surface area (TPSA) is 105 Å². The van der Waals surface area contributed by atoms with Crippen LogP contribution in [-0.4, -0.2) is 30.2 Å². The number of nitrogens with one attached hydrogen (secondary N) is 2. The quantitative estimate of drug-likeness (QED) is 0.798. The molecule has 1 atom stereocenters. The monoisotopic (exact) mass is 344 g/mol.